The summed E-state index contributed by atoms with van der Waals surface area (Å²) in [5.74, 6) is 0. The van der Waals surface area contributed by atoms with E-state index in [1.807, 2.05) is 32.2 Å². The zero-order valence-electron chi connectivity index (χ0n) is 11.6. The summed E-state index contributed by atoms with van der Waals surface area (Å²) >= 11 is 0. The Morgan fingerprint density at radius 3 is 2.50 bits per heavy atom. The summed E-state index contributed by atoms with van der Waals surface area (Å²) in [6.45, 7) is 3.15. The molecule has 5 heteroatoms. The molecule has 1 rings (SSSR count). The van der Waals surface area contributed by atoms with Crippen molar-refractivity contribution in [3.05, 3.63) is 30.1 Å². The van der Waals surface area contributed by atoms with Crippen LogP contribution in [0.3, 0.4) is 0 Å². The van der Waals surface area contributed by atoms with Gasteiger partial charge in [0.25, 0.3) is 0 Å². The predicted octanol–water partition coefficient (Wildman–Crippen LogP) is 0.850. The third-order valence-electron chi connectivity index (χ3n) is 3.35. The first-order chi connectivity index (χ1) is 8.58. The van der Waals surface area contributed by atoms with Gasteiger partial charge in [-0.05, 0) is 26.1 Å². The van der Waals surface area contributed by atoms with Gasteiger partial charge >= 0.3 is 0 Å². The number of hydrogen-bond donors (Lipinski definition) is 1. The lowest BCUT2D eigenvalue weighted by molar-refractivity contribution is -0.178. The molecule has 0 aliphatic heterocycles. The molecule has 0 radical (unpaired) electrons. The maximum absolute atomic E-state index is 5.89. The van der Waals surface area contributed by atoms with Crippen molar-refractivity contribution >= 4 is 0 Å². The van der Waals surface area contributed by atoms with Crippen molar-refractivity contribution in [2.45, 2.75) is 25.3 Å². The predicted molar refractivity (Wildman–Crippen MR) is 71.0 cm³/mol. The lowest BCUT2D eigenvalue weighted by Crippen LogP contribution is -2.58. The molecule has 0 aliphatic carbocycles. The van der Waals surface area contributed by atoms with Crippen LogP contribution in [0, 0.1) is 0 Å². The summed E-state index contributed by atoms with van der Waals surface area (Å²) in [6.07, 6.45) is 1.41. The van der Waals surface area contributed by atoms with Gasteiger partial charge in [-0.1, -0.05) is 6.07 Å². The Morgan fingerprint density at radius 1 is 1.39 bits per heavy atom. The van der Waals surface area contributed by atoms with E-state index < -0.39 is 5.54 Å². The molecule has 1 atom stereocenters. The second kappa shape index (κ2) is 6.80. The highest BCUT2D eigenvalue weighted by molar-refractivity contribution is 5.04. The second-order valence-corrected chi connectivity index (χ2v) is 4.54. The van der Waals surface area contributed by atoms with Crippen molar-refractivity contribution < 1.29 is 9.47 Å². The standard InChI is InChI=1S/C13H23N3O2/c1-13(10-14,12(17-3)18-4)16(2)9-11-7-5-6-8-15-11/h5-8,12H,9-10,14H2,1-4H3. The highest BCUT2D eigenvalue weighted by Crippen LogP contribution is 2.21. The van der Waals surface area contributed by atoms with Gasteiger partial charge < -0.3 is 15.2 Å². The largest absolute Gasteiger partial charge is 0.354 e. The highest BCUT2D eigenvalue weighted by atomic mass is 16.7. The number of rotatable bonds is 7. The van der Waals surface area contributed by atoms with E-state index in [0.717, 1.165) is 5.69 Å². The molecule has 1 unspecified atom stereocenters. The highest BCUT2D eigenvalue weighted by Gasteiger charge is 2.37. The van der Waals surface area contributed by atoms with Crippen LogP contribution in [0.4, 0.5) is 0 Å². The minimum atomic E-state index is -0.402. The Morgan fingerprint density at radius 2 is 2.06 bits per heavy atom. The number of aromatic nitrogens is 1. The fourth-order valence-electron chi connectivity index (χ4n) is 1.95. The van der Waals surface area contributed by atoms with E-state index >= 15 is 0 Å². The molecule has 1 aromatic heterocycles. The van der Waals surface area contributed by atoms with E-state index in [9.17, 15) is 0 Å². The van der Waals surface area contributed by atoms with Crippen LogP contribution in [-0.4, -0.2) is 49.5 Å². The van der Waals surface area contributed by atoms with Crippen LogP contribution in [-0.2, 0) is 16.0 Å². The normalized spacial score (nSPS) is 15.1. The van der Waals surface area contributed by atoms with Crippen molar-refractivity contribution in [1.29, 1.82) is 0 Å². The van der Waals surface area contributed by atoms with Crippen molar-refractivity contribution in [3.8, 4) is 0 Å². The molecule has 0 aliphatic rings. The molecule has 1 heterocycles. The van der Waals surface area contributed by atoms with Gasteiger partial charge in [-0.25, -0.2) is 0 Å². The minimum Gasteiger partial charge on any atom is -0.354 e. The molecule has 2 N–H and O–H groups in total. The Labute approximate surface area is 109 Å². The van der Waals surface area contributed by atoms with Crippen molar-refractivity contribution in [3.63, 3.8) is 0 Å². The average molecular weight is 253 g/mol. The SMILES string of the molecule is COC(OC)C(C)(CN)N(C)Cc1ccccn1. The van der Waals surface area contributed by atoms with Gasteiger partial charge in [0.1, 0.15) is 0 Å². The third-order valence-corrected chi connectivity index (χ3v) is 3.35. The summed E-state index contributed by atoms with van der Waals surface area (Å²) in [4.78, 5) is 6.42. The van der Waals surface area contributed by atoms with Crippen LogP contribution < -0.4 is 5.73 Å². The lowest BCUT2D eigenvalue weighted by atomic mass is 9.99. The number of ether oxygens (including phenoxy) is 2. The van der Waals surface area contributed by atoms with Crippen LogP contribution >= 0.6 is 0 Å². The molecule has 0 saturated heterocycles. The summed E-state index contributed by atoms with van der Waals surface area (Å²) < 4.78 is 10.7. The molecule has 0 aromatic carbocycles. The molecule has 18 heavy (non-hydrogen) atoms. The fourth-order valence-corrected chi connectivity index (χ4v) is 1.95. The van der Waals surface area contributed by atoms with E-state index in [1.54, 1.807) is 20.4 Å². The first-order valence-corrected chi connectivity index (χ1v) is 5.95. The number of methoxy groups -OCH3 is 2. The Bertz CT molecular complexity index is 343. The first-order valence-electron chi connectivity index (χ1n) is 5.95. The van der Waals surface area contributed by atoms with Gasteiger partial charge in [0.05, 0.1) is 11.2 Å². The number of pyridine rings is 1. The van der Waals surface area contributed by atoms with E-state index in [0.29, 0.717) is 13.1 Å². The molecule has 0 fully saturated rings. The van der Waals surface area contributed by atoms with Crippen LogP contribution in [0.15, 0.2) is 24.4 Å². The molecule has 0 spiro atoms. The van der Waals surface area contributed by atoms with Gasteiger partial charge in [0, 0.05) is 33.5 Å². The lowest BCUT2D eigenvalue weighted by Gasteiger charge is -2.42. The van der Waals surface area contributed by atoms with Crippen molar-refractivity contribution in [1.82, 2.24) is 9.88 Å². The summed E-state index contributed by atoms with van der Waals surface area (Å²) in [5.41, 5.74) is 6.48. The first kappa shape index (κ1) is 15.0. The molecular weight excluding hydrogens is 230 g/mol. The van der Waals surface area contributed by atoms with Crippen molar-refractivity contribution in [2.75, 3.05) is 27.8 Å². The van der Waals surface area contributed by atoms with E-state index in [-0.39, 0.29) is 6.29 Å². The number of nitrogens with two attached hydrogens (primary N) is 1. The van der Waals surface area contributed by atoms with Crippen LogP contribution in [0.5, 0.6) is 0 Å². The summed E-state index contributed by atoms with van der Waals surface area (Å²) in [6, 6.07) is 5.86. The van der Waals surface area contributed by atoms with Gasteiger partial charge in [-0.15, -0.1) is 0 Å². The zero-order chi connectivity index (χ0) is 13.6. The number of likely N-dealkylation sites (N-methyl/N-ethyl adjacent to an activating group) is 1. The van der Waals surface area contributed by atoms with Crippen LogP contribution in [0.2, 0.25) is 0 Å². The smallest absolute Gasteiger partial charge is 0.176 e. The summed E-state index contributed by atoms with van der Waals surface area (Å²) in [7, 11) is 5.24. The molecule has 1 aromatic rings. The van der Waals surface area contributed by atoms with E-state index in [2.05, 4.69) is 9.88 Å². The average Bonchev–Trinajstić information content (AvgIpc) is 2.40. The summed E-state index contributed by atoms with van der Waals surface area (Å²) in [5, 5.41) is 0. The second-order valence-electron chi connectivity index (χ2n) is 4.54. The Balaban J connectivity index is 2.81. The molecular formula is C13H23N3O2. The Kier molecular flexibility index (Phi) is 5.68. The minimum absolute atomic E-state index is 0.379. The molecule has 0 saturated carbocycles. The topological polar surface area (TPSA) is 60.6 Å². The molecule has 0 bridgehead atoms. The van der Waals surface area contributed by atoms with Gasteiger partial charge in [0.2, 0.25) is 0 Å². The molecule has 0 amide bonds. The van der Waals surface area contributed by atoms with Gasteiger partial charge in [-0.3, -0.25) is 9.88 Å². The number of nitrogens with zero attached hydrogens (tertiary/aromatic N) is 2. The van der Waals surface area contributed by atoms with Crippen LogP contribution in [0.1, 0.15) is 12.6 Å². The molecule has 102 valence electrons. The zero-order valence-corrected chi connectivity index (χ0v) is 11.6. The number of hydrogen-bond acceptors (Lipinski definition) is 5. The molecule has 5 nitrogen and oxygen atoms in total. The van der Waals surface area contributed by atoms with E-state index in [1.165, 1.54) is 0 Å². The monoisotopic (exact) mass is 253 g/mol. The maximum Gasteiger partial charge on any atom is 0.176 e. The third kappa shape index (κ3) is 3.26. The van der Waals surface area contributed by atoms with E-state index in [4.69, 9.17) is 15.2 Å². The van der Waals surface area contributed by atoms with Gasteiger partial charge in [0.15, 0.2) is 6.29 Å². The van der Waals surface area contributed by atoms with Crippen molar-refractivity contribution in [2.24, 2.45) is 5.73 Å². The Hall–Kier alpha value is -1.01. The fraction of sp³-hybridized carbons (Fsp3) is 0.615. The maximum atomic E-state index is 5.89. The van der Waals surface area contributed by atoms with Crippen LogP contribution in [0.25, 0.3) is 0 Å². The van der Waals surface area contributed by atoms with Gasteiger partial charge in [-0.2, -0.15) is 0 Å². The quantitative estimate of drug-likeness (QED) is 0.730.